The summed E-state index contributed by atoms with van der Waals surface area (Å²) >= 11 is 0. The quantitative estimate of drug-likeness (QED) is 0.649. The highest BCUT2D eigenvalue weighted by molar-refractivity contribution is 6.12. The molecule has 0 saturated carbocycles. The number of aliphatic imine (C=N–C) groups is 1. The highest BCUT2D eigenvalue weighted by Gasteiger charge is 2.34. The number of amides is 4. The SMILES string of the molecule is Cc1cccc(NC(=O)N[C@@H]2N=C(N3CCN(C(=O)OC(C)(C)C)CC3)c3ccccc3N(C)C2=O)c1. The normalized spacial score (nSPS) is 18.0. The molecule has 10 heteroatoms. The number of likely N-dealkylation sites (N-methyl/N-ethyl adjacent to an activating group) is 1. The molecule has 1 fully saturated rings. The van der Waals surface area contributed by atoms with Crippen molar-refractivity contribution >= 4 is 35.2 Å². The van der Waals surface area contributed by atoms with Crippen molar-refractivity contribution in [3.63, 3.8) is 0 Å². The van der Waals surface area contributed by atoms with Crippen molar-refractivity contribution in [3.8, 4) is 0 Å². The summed E-state index contributed by atoms with van der Waals surface area (Å²) in [6.07, 6.45) is -1.47. The lowest BCUT2D eigenvalue weighted by Gasteiger charge is -2.37. The summed E-state index contributed by atoms with van der Waals surface area (Å²) < 4.78 is 5.51. The lowest BCUT2D eigenvalue weighted by Crippen LogP contribution is -2.52. The van der Waals surface area contributed by atoms with Crippen molar-refractivity contribution in [3.05, 3.63) is 59.7 Å². The summed E-state index contributed by atoms with van der Waals surface area (Å²) in [5.41, 5.74) is 2.54. The number of carbonyl (C=O) groups is 3. The van der Waals surface area contributed by atoms with Gasteiger partial charge in [-0.3, -0.25) is 4.79 Å². The largest absolute Gasteiger partial charge is 0.444 e. The molecule has 0 aliphatic carbocycles. The van der Waals surface area contributed by atoms with E-state index in [0.29, 0.717) is 43.4 Å². The molecule has 2 heterocycles. The van der Waals surface area contributed by atoms with E-state index in [9.17, 15) is 14.4 Å². The third kappa shape index (κ3) is 6.19. The Morgan fingerprint density at radius 3 is 2.41 bits per heavy atom. The van der Waals surface area contributed by atoms with Gasteiger partial charge in [0.05, 0.1) is 5.69 Å². The number of benzodiazepines with no additional fused rings is 1. The second kappa shape index (κ2) is 10.5. The van der Waals surface area contributed by atoms with Gasteiger partial charge >= 0.3 is 12.1 Å². The number of urea groups is 1. The molecule has 0 bridgehead atoms. The molecule has 2 aromatic carbocycles. The summed E-state index contributed by atoms with van der Waals surface area (Å²) in [5.74, 6) is 0.243. The van der Waals surface area contributed by atoms with E-state index in [1.807, 2.05) is 75.1 Å². The van der Waals surface area contributed by atoms with Crippen LogP contribution >= 0.6 is 0 Å². The van der Waals surface area contributed by atoms with Crippen LogP contribution in [0.4, 0.5) is 21.0 Å². The molecular formula is C27H34N6O4. The standard InChI is InChI=1S/C27H34N6O4/c1-18-9-8-10-19(17-18)28-25(35)30-22-24(34)31(5)21-12-7-6-11-20(21)23(29-22)32-13-15-33(16-14-32)26(36)37-27(2,3)4/h6-12,17,22H,13-16H2,1-5H3,(H2,28,30,35)/t22-/m0/s1. The zero-order chi connectivity index (χ0) is 26.7. The Labute approximate surface area is 217 Å². The van der Waals surface area contributed by atoms with Crippen LogP contribution in [0.5, 0.6) is 0 Å². The second-order valence-electron chi connectivity index (χ2n) is 10.2. The van der Waals surface area contributed by atoms with Crippen LogP contribution in [-0.2, 0) is 9.53 Å². The fraction of sp³-hybridized carbons (Fsp3) is 0.407. The summed E-state index contributed by atoms with van der Waals surface area (Å²) in [6, 6.07) is 14.4. The molecule has 1 saturated heterocycles. The van der Waals surface area contributed by atoms with Gasteiger partial charge in [0.25, 0.3) is 5.91 Å². The van der Waals surface area contributed by atoms with E-state index in [2.05, 4.69) is 10.6 Å². The molecule has 4 rings (SSSR count). The van der Waals surface area contributed by atoms with Gasteiger partial charge in [-0.15, -0.1) is 0 Å². The summed E-state index contributed by atoms with van der Waals surface area (Å²) in [6.45, 7) is 9.37. The molecular weight excluding hydrogens is 472 g/mol. The number of benzene rings is 2. The van der Waals surface area contributed by atoms with Crippen molar-refractivity contribution in [1.82, 2.24) is 15.1 Å². The number of para-hydroxylation sites is 1. The predicted molar refractivity (Wildman–Crippen MR) is 143 cm³/mol. The van der Waals surface area contributed by atoms with Crippen LogP contribution in [0.1, 0.15) is 31.9 Å². The van der Waals surface area contributed by atoms with Crippen LogP contribution in [-0.4, -0.2) is 78.7 Å². The third-order valence-electron chi connectivity index (χ3n) is 6.10. The number of piperazine rings is 1. The van der Waals surface area contributed by atoms with Gasteiger partial charge in [-0.05, 0) is 57.5 Å². The Kier molecular flexibility index (Phi) is 7.37. The Morgan fingerprint density at radius 2 is 1.73 bits per heavy atom. The van der Waals surface area contributed by atoms with E-state index in [1.54, 1.807) is 18.0 Å². The molecule has 0 radical (unpaired) electrons. The van der Waals surface area contributed by atoms with Crippen molar-refractivity contribution in [1.29, 1.82) is 0 Å². The number of rotatable bonds is 2. The molecule has 2 aromatic rings. The fourth-order valence-corrected chi connectivity index (χ4v) is 4.29. The van der Waals surface area contributed by atoms with Crippen LogP contribution in [0.15, 0.2) is 53.5 Å². The molecule has 0 unspecified atom stereocenters. The van der Waals surface area contributed by atoms with E-state index in [1.165, 1.54) is 4.90 Å². The number of aryl methyl sites for hydroxylation is 1. The van der Waals surface area contributed by atoms with Gasteiger partial charge in [0.1, 0.15) is 11.4 Å². The highest BCUT2D eigenvalue weighted by Crippen LogP contribution is 2.26. The Balaban J connectivity index is 1.56. The zero-order valence-corrected chi connectivity index (χ0v) is 21.9. The van der Waals surface area contributed by atoms with Crippen LogP contribution in [0.3, 0.4) is 0 Å². The molecule has 1 atom stereocenters. The van der Waals surface area contributed by atoms with Crippen LogP contribution in [0.25, 0.3) is 0 Å². The molecule has 37 heavy (non-hydrogen) atoms. The van der Waals surface area contributed by atoms with E-state index in [-0.39, 0.29) is 12.0 Å². The minimum atomic E-state index is -1.12. The number of nitrogens with one attached hydrogen (secondary N) is 2. The molecule has 2 aliphatic rings. The van der Waals surface area contributed by atoms with Gasteiger partial charge in [-0.1, -0.05) is 24.3 Å². The molecule has 4 amide bonds. The fourth-order valence-electron chi connectivity index (χ4n) is 4.29. The Morgan fingerprint density at radius 1 is 1.03 bits per heavy atom. The summed E-state index contributed by atoms with van der Waals surface area (Å²) in [4.78, 5) is 48.7. The van der Waals surface area contributed by atoms with E-state index >= 15 is 0 Å². The maximum absolute atomic E-state index is 13.3. The second-order valence-corrected chi connectivity index (χ2v) is 10.2. The van der Waals surface area contributed by atoms with Crippen molar-refractivity contribution in [2.75, 3.05) is 43.4 Å². The first-order chi connectivity index (χ1) is 17.5. The molecule has 10 nitrogen and oxygen atoms in total. The number of amidine groups is 1. The number of ether oxygens (including phenoxy) is 1. The zero-order valence-electron chi connectivity index (χ0n) is 21.9. The maximum Gasteiger partial charge on any atom is 0.410 e. The van der Waals surface area contributed by atoms with Gasteiger partial charge in [-0.2, -0.15) is 0 Å². The first-order valence-corrected chi connectivity index (χ1v) is 12.3. The average Bonchev–Trinajstić information content (AvgIpc) is 2.94. The Bertz CT molecular complexity index is 1210. The van der Waals surface area contributed by atoms with Crippen molar-refractivity contribution in [2.45, 2.75) is 39.5 Å². The summed E-state index contributed by atoms with van der Waals surface area (Å²) in [5, 5.41) is 5.50. The topological polar surface area (TPSA) is 107 Å². The predicted octanol–water partition coefficient (Wildman–Crippen LogP) is 3.42. The number of fused-ring (bicyclic) bond motifs is 1. The number of anilines is 2. The average molecular weight is 507 g/mol. The molecule has 2 aliphatic heterocycles. The van der Waals surface area contributed by atoms with Gasteiger partial charge in [0.2, 0.25) is 6.17 Å². The number of hydrogen-bond donors (Lipinski definition) is 2. The van der Waals surface area contributed by atoms with E-state index in [0.717, 1.165) is 11.1 Å². The number of hydrogen-bond acceptors (Lipinski definition) is 6. The first kappa shape index (κ1) is 26.0. The Hall–Kier alpha value is -4.08. The highest BCUT2D eigenvalue weighted by atomic mass is 16.6. The van der Waals surface area contributed by atoms with Gasteiger partial charge in [0.15, 0.2) is 0 Å². The minimum absolute atomic E-state index is 0.349. The monoisotopic (exact) mass is 506 g/mol. The van der Waals surface area contributed by atoms with Crippen molar-refractivity contribution < 1.29 is 19.1 Å². The van der Waals surface area contributed by atoms with Crippen LogP contribution < -0.4 is 15.5 Å². The lowest BCUT2D eigenvalue weighted by molar-refractivity contribution is -0.119. The molecule has 2 N–H and O–H groups in total. The summed E-state index contributed by atoms with van der Waals surface area (Å²) in [7, 11) is 1.67. The molecule has 0 spiro atoms. The van der Waals surface area contributed by atoms with Gasteiger partial charge in [0, 0.05) is 44.5 Å². The maximum atomic E-state index is 13.3. The minimum Gasteiger partial charge on any atom is -0.444 e. The van der Waals surface area contributed by atoms with Crippen LogP contribution in [0.2, 0.25) is 0 Å². The van der Waals surface area contributed by atoms with E-state index < -0.39 is 17.8 Å². The first-order valence-electron chi connectivity index (χ1n) is 12.3. The smallest absolute Gasteiger partial charge is 0.410 e. The molecule has 196 valence electrons. The molecule has 0 aromatic heterocycles. The van der Waals surface area contributed by atoms with E-state index in [4.69, 9.17) is 9.73 Å². The van der Waals surface area contributed by atoms with Crippen LogP contribution in [0, 0.1) is 6.92 Å². The number of carbonyl (C=O) groups excluding carboxylic acids is 3. The van der Waals surface area contributed by atoms with Gasteiger partial charge < -0.3 is 30.1 Å². The third-order valence-corrected chi connectivity index (χ3v) is 6.10. The van der Waals surface area contributed by atoms with Gasteiger partial charge in [-0.25, -0.2) is 14.6 Å². The number of nitrogens with zero attached hydrogens (tertiary/aromatic N) is 4. The lowest BCUT2D eigenvalue weighted by atomic mass is 10.1. The van der Waals surface area contributed by atoms with Crippen molar-refractivity contribution in [2.24, 2.45) is 4.99 Å².